The fraction of sp³-hybridized carbons (Fsp3) is 0.0714. The first-order valence-corrected chi connectivity index (χ1v) is 6.34. The summed E-state index contributed by atoms with van der Waals surface area (Å²) in [5, 5.41) is 31.6. The van der Waals surface area contributed by atoms with Gasteiger partial charge in [0.25, 0.3) is 0 Å². The SMILES string of the molecule is NC(=O)c1cc(NCc2ccc(O)c(O)c2O)ccc1Cl. The Morgan fingerprint density at radius 2 is 1.86 bits per heavy atom. The molecule has 6 nitrogen and oxygen atoms in total. The molecule has 0 heterocycles. The van der Waals surface area contributed by atoms with Gasteiger partial charge in [0, 0.05) is 17.8 Å². The van der Waals surface area contributed by atoms with Crippen molar-refractivity contribution in [3.8, 4) is 17.2 Å². The van der Waals surface area contributed by atoms with Gasteiger partial charge < -0.3 is 26.4 Å². The van der Waals surface area contributed by atoms with E-state index < -0.39 is 23.2 Å². The van der Waals surface area contributed by atoms with Crippen LogP contribution in [0.25, 0.3) is 0 Å². The van der Waals surface area contributed by atoms with E-state index in [-0.39, 0.29) is 17.1 Å². The number of halogens is 1. The van der Waals surface area contributed by atoms with Crippen LogP contribution in [0.15, 0.2) is 30.3 Å². The number of aromatic hydroxyl groups is 3. The standard InChI is InChI=1S/C14H13ClN2O4/c15-10-3-2-8(5-9(10)14(16)21)17-6-7-1-4-11(18)13(20)12(7)19/h1-5,17-20H,6H2,(H2,16,21). The van der Waals surface area contributed by atoms with Crippen LogP contribution in [0.4, 0.5) is 5.69 Å². The monoisotopic (exact) mass is 308 g/mol. The first-order valence-electron chi connectivity index (χ1n) is 5.96. The van der Waals surface area contributed by atoms with Crippen molar-refractivity contribution >= 4 is 23.2 Å². The molecule has 0 aliphatic rings. The Morgan fingerprint density at radius 3 is 2.52 bits per heavy atom. The average molecular weight is 309 g/mol. The molecule has 0 aliphatic heterocycles. The summed E-state index contributed by atoms with van der Waals surface area (Å²) in [5.74, 6) is -2.04. The highest BCUT2D eigenvalue weighted by Gasteiger charge is 2.11. The second kappa shape index (κ2) is 5.80. The van der Waals surface area contributed by atoms with Crippen molar-refractivity contribution in [1.29, 1.82) is 0 Å². The van der Waals surface area contributed by atoms with Gasteiger partial charge in [0.05, 0.1) is 10.6 Å². The van der Waals surface area contributed by atoms with E-state index in [1.807, 2.05) is 0 Å². The topological polar surface area (TPSA) is 116 Å². The Kier molecular flexibility index (Phi) is 4.09. The van der Waals surface area contributed by atoms with Gasteiger partial charge in [-0.1, -0.05) is 11.6 Å². The van der Waals surface area contributed by atoms with Crippen molar-refractivity contribution < 1.29 is 20.1 Å². The van der Waals surface area contributed by atoms with Crippen LogP contribution in [-0.4, -0.2) is 21.2 Å². The quantitative estimate of drug-likeness (QED) is 0.555. The average Bonchev–Trinajstić information content (AvgIpc) is 2.45. The molecule has 0 aliphatic carbocycles. The van der Waals surface area contributed by atoms with Crippen LogP contribution in [0.1, 0.15) is 15.9 Å². The van der Waals surface area contributed by atoms with Crippen molar-refractivity contribution in [2.24, 2.45) is 5.73 Å². The molecule has 6 N–H and O–H groups in total. The fourth-order valence-corrected chi connectivity index (χ4v) is 1.99. The molecule has 0 saturated carbocycles. The maximum absolute atomic E-state index is 11.2. The highest BCUT2D eigenvalue weighted by molar-refractivity contribution is 6.33. The third kappa shape index (κ3) is 3.11. The maximum Gasteiger partial charge on any atom is 0.250 e. The van der Waals surface area contributed by atoms with Crippen LogP contribution in [0.3, 0.4) is 0 Å². The predicted molar refractivity (Wildman–Crippen MR) is 78.7 cm³/mol. The van der Waals surface area contributed by atoms with E-state index in [0.717, 1.165) is 0 Å². The Bertz CT molecular complexity index is 704. The van der Waals surface area contributed by atoms with E-state index in [9.17, 15) is 20.1 Å². The minimum atomic E-state index is -0.645. The predicted octanol–water partition coefficient (Wildman–Crippen LogP) is 2.17. The lowest BCUT2D eigenvalue weighted by Gasteiger charge is -2.11. The molecule has 0 unspecified atom stereocenters. The van der Waals surface area contributed by atoms with Crippen molar-refractivity contribution in [3.05, 3.63) is 46.5 Å². The molecule has 21 heavy (non-hydrogen) atoms. The van der Waals surface area contributed by atoms with Gasteiger partial charge in [-0.25, -0.2) is 0 Å². The molecule has 0 spiro atoms. The van der Waals surface area contributed by atoms with Gasteiger partial charge >= 0.3 is 0 Å². The summed E-state index contributed by atoms with van der Waals surface area (Å²) in [5.41, 5.74) is 6.32. The van der Waals surface area contributed by atoms with Gasteiger partial charge in [-0.2, -0.15) is 0 Å². The zero-order valence-corrected chi connectivity index (χ0v) is 11.6. The third-order valence-electron chi connectivity index (χ3n) is 2.93. The first kappa shape index (κ1) is 14.8. The summed E-state index contributed by atoms with van der Waals surface area (Å²) in [7, 11) is 0. The zero-order valence-electron chi connectivity index (χ0n) is 10.8. The van der Waals surface area contributed by atoms with E-state index in [4.69, 9.17) is 17.3 Å². The molecule has 0 fully saturated rings. The van der Waals surface area contributed by atoms with Gasteiger partial charge in [-0.3, -0.25) is 4.79 Å². The number of benzene rings is 2. The van der Waals surface area contributed by atoms with Crippen LogP contribution in [0, 0.1) is 0 Å². The van der Waals surface area contributed by atoms with Crippen LogP contribution >= 0.6 is 11.6 Å². The molecule has 110 valence electrons. The van der Waals surface area contributed by atoms with Crippen molar-refractivity contribution in [1.82, 2.24) is 0 Å². The number of phenols is 3. The summed E-state index contributed by atoms with van der Waals surface area (Å²) in [6.07, 6.45) is 0. The second-order valence-electron chi connectivity index (χ2n) is 4.35. The molecule has 0 atom stereocenters. The minimum absolute atomic E-state index is 0.166. The van der Waals surface area contributed by atoms with Crippen molar-refractivity contribution in [2.75, 3.05) is 5.32 Å². The van der Waals surface area contributed by atoms with Crippen molar-refractivity contribution in [2.45, 2.75) is 6.54 Å². The summed E-state index contributed by atoms with van der Waals surface area (Å²) < 4.78 is 0. The first-order chi connectivity index (χ1) is 9.90. The number of phenolic OH excluding ortho intramolecular Hbond substituents is 3. The molecule has 2 rings (SSSR count). The largest absolute Gasteiger partial charge is 0.504 e. The Hall–Kier alpha value is -2.60. The molecule has 1 amide bonds. The number of nitrogens with one attached hydrogen (secondary N) is 1. The Labute approximate surface area is 125 Å². The number of primary amides is 1. The van der Waals surface area contributed by atoms with E-state index in [2.05, 4.69) is 5.32 Å². The number of nitrogens with two attached hydrogens (primary N) is 1. The van der Waals surface area contributed by atoms with Crippen molar-refractivity contribution in [3.63, 3.8) is 0 Å². The zero-order chi connectivity index (χ0) is 15.6. The third-order valence-corrected chi connectivity index (χ3v) is 3.26. The summed E-state index contributed by atoms with van der Waals surface area (Å²) in [4.78, 5) is 11.2. The molecule has 0 aromatic heterocycles. The highest BCUT2D eigenvalue weighted by Crippen LogP contribution is 2.37. The minimum Gasteiger partial charge on any atom is -0.504 e. The Morgan fingerprint density at radius 1 is 1.14 bits per heavy atom. The number of hydrogen-bond donors (Lipinski definition) is 5. The van der Waals surface area contributed by atoms with Crippen LogP contribution in [0.5, 0.6) is 17.2 Å². The molecular weight excluding hydrogens is 296 g/mol. The number of rotatable bonds is 4. The Balaban J connectivity index is 2.19. The fourth-order valence-electron chi connectivity index (χ4n) is 1.77. The number of carbonyl (C=O) groups excluding carboxylic acids is 1. The van der Waals surface area contributed by atoms with Gasteiger partial charge in [-0.15, -0.1) is 0 Å². The molecular formula is C14H13ClN2O4. The molecule has 2 aromatic carbocycles. The van der Waals surface area contributed by atoms with E-state index in [0.29, 0.717) is 11.3 Å². The lowest BCUT2D eigenvalue weighted by atomic mass is 10.1. The number of hydrogen-bond acceptors (Lipinski definition) is 5. The van der Waals surface area contributed by atoms with E-state index >= 15 is 0 Å². The second-order valence-corrected chi connectivity index (χ2v) is 4.76. The lowest BCUT2D eigenvalue weighted by Crippen LogP contribution is -2.12. The summed E-state index contributed by atoms with van der Waals surface area (Å²) >= 11 is 5.84. The van der Waals surface area contributed by atoms with Crippen LogP contribution < -0.4 is 11.1 Å². The van der Waals surface area contributed by atoms with Crippen LogP contribution in [-0.2, 0) is 6.54 Å². The maximum atomic E-state index is 11.2. The van der Waals surface area contributed by atoms with Gasteiger partial charge in [0.2, 0.25) is 11.7 Å². The lowest BCUT2D eigenvalue weighted by molar-refractivity contribution is 0.100. The molecule has 7 heteroatoms. The summed E-state index contributed by atoms with van der Waals surface area (Å²) in [6.45, 7) is 0.166. The normalized spacial score (nSPS) is 10.3. The van der Waals surface area contributed by atoms with Gasteiger partial charge in [0.15, 0.2) is 11.5 Å². The molecule has 0 saturated heterocycles. The number of anilines is 1. The molecule has 0 bridgehead atoms. The van der Waals surface area contributed by atoms with Gasteiger partial charge in [0.1, 0.15) is 0 Å². The number of carbonyl (C=O) groups is 1. The smallest absolute Gasteiger partial charge is 0.250 e. The highest BCUT2D eigenvalue weighted by atomic mass is 35.5. The van der Waals surface area contributed by atoms with E-state index in [1.165, 1.54) is 24.3 Å². The van der Waals surface area contributed by atoms with Gasteiger partial charge in [-0.05, 0) is 30.3 Å². The molecule has 2 aromatic rings. The number of amides is 1. The molecule has 0 radical (unpaired) electrons. The van der Waals surface area contributed by atoms with E-state index in [1.54, 1.807) is 6.07 Å². The van der Waals surface area contributed by atoms with Crippen LogP contribution in [0.2, 0.25) is 5.02 Å². The summed E-state index contributed by atoms with van der Waals surface area (Å²) in [6, 6.07) is 7.39.